The maximum Gasteiger partial charge on any atom is 0.0292 e. The second kappa shape index (κ2) is 8.66. The van der Waals surface area contributed by atoms with Crippen molar-refractivity contribution in [3.8, 4) is 0 Å². The molecule has 1 fully saturated rings. The van der Waals surface area contributed by atoms with E-state index in [-0.39, 0.29) is 0 Å². The van der Waals surface area contributed by atoms with Crippen molar-refractivity contribution in [2.24, 2.45) is 0 Å². The van der Waals surface area contributed by atoms with E-state index in [0.717, 1.165) is 32.6 Å². The Balaban J connectivity index is 1.63. The van der Waals surface area contributed by atoms with Crippen LogP contribution in [0.25, 0.3) is 6.08 Å². The van der Waals surface area contributed by atoms with Crippen LogP contribution in [0.4, 0.5) is 0 Å². The van der Waals surface area contributed by atoms with Crippen molar-refractivity contribution in [2.45, 2.75) is 25.4 Å². The first-order chi connectivity index (χ1) is 11.4. The summed E-state index contributed by atoms with van der Waals surface area (Å²) in [5.41, 5.74) is 2.67. The minimum Gasteiger partial charge on any atom is -0.294 e. The molecule has 1 radical (unpaired) electrons. The highest BCUT2D eigenvalue weighted by molar-refractivity contribution is 5.48. The molecule has 2 nitrogen and oxygen atoms in total. The highest BCUT2D eigenvalue weighted by Gasteiger charge is 2.20. The Bertz CT molecular complexity index is 592. The number of benzene rings is 2. The van der Waals surface area contributed by atoms with Crippen LogP contribution in [0.2, 0.25) is 0 Å². The fourth-order valence-electron chi connectivity index (χ4n) is 3.10. The first-order valence-corrected chi connectivity index (χ1v) is 8.54. The molecule has 1 aliphatic heterocycles. The van der Waals surface area contributed by atoms with Crippen molar-refractivity contribution < 1.29 is 0 Å². The molecule has 1 heterocycles. The van der Waals surface area contributed by atoms with E-state index in [9.17, 15) is 0 Å². The Morgan fingerprint density at radius 1 is 1.00 bits per heavy atom. The van der Waals surface area contributed by atoms with Crippen LogP contribution in [-0.2, 0) is 6.54 Å². The number of rotatable bonds is 5. The monoisotopic (exact) mass is 305 g/mol. The van der Waals surface area contributed by atoms with E-state index in [1.807, 2.05) is 0 Å². The molecule has 0 bridgehead atoms. The molecule has 119 valence electrons. The predicted octanol–water partition coefficient (Wildman–Crippen LogP) is 3.97. The average Bonchev–Trinajstić information content (AvgIpc) is 2.82. The van der Waals surface area contributed by atoms with Crippen LogP contribution in [0.15, 0.2) is 66.7 Å². The predicted molar refractivity (Wildman–Crippen MR) is 97.2 cm³/mol. The lowest BCUT2D eigenvalue weighted by Gasteiger charge is -2.28. The second-order valence-electron chi connectivity index (χ2n) is 6.14. The lowest BCUT2D eigenvalue weighted by Crippen LogP contribution is -2.37. The summed E-state index contributed by atoms with van der Waals surface area (Å²) in [6.07, 6.45) is 6.77. The minimum atomic E-state index is 0.512. The quantitative estimate of drug-likeness (QED) is 0.817. The zero-order valence-electron chi connectivity index (χ0n) is 13.6. The maximum atomic E-state index is 4.69. The minimum absolute atomic E-state index is 0.512. The Morgan fingerprint density at radius 3 is 2.52 bits per heavy atom. The zero-order chi connectivity index (χ0) is 15.7. The van der Waals surface area contributed by atoms with E-state index in [1.54, 1.807) is 0 Å². The number of hydrogen-bond donors (Lipinski definition) is 0. The molecule has 0 spiro atoms. The molecule has 2 aromatic carbocycles. The third-order valence-corrected chi connectivity index (χ3v) is 4.36. The van der Waals surface area contributed by atoms with Crippen LogP contribution < -0.4 is 5.32 Å². The summed E-state index contributed by atoms with van der Waals surface area (Å²) in [7, 11) is 0. The maximum absolute atomic E-state index is 4.69. The number of nitrogens with zero attached hydrogens (tertiary/aromatic N) is 2. The SMILES string of the molecule is C(=Cc1ccccc1)CC1C[N]CCCN1Cc1ccccc1. The van der Waals surface area contributed by atoms with E-state index >= 15 is 0 Å². The third kappa shape index (κ3) is 5.05. The van der Waals surface area contributed by atoms with Crippen LogP contribution in [-0.4, -0.2) is 30.6 Å². The smallest absolute Gasteiger partial charge is 0.0292 e. The third-order valence-electron chi connectivity index (χ3n) is 4.36. The van der Waals surface area contributed by atoms with E-state index in [2.05, 4.69) is 77.7 Å². The first kappa shape index (κ1) is 16.0. The summed E-state index contributed by atoms with van der Waals surface area (Å²) in [6, 6.07) is 21.8. The van der Waals surface area contributed by atoms with Crippen molar-refractivity contribution in [1.29, 1.82) is 0 Å². The molecule has 3 rings (SSSR count). The van der Waals surface area contributed by atoms with Crippen molar-refractivity contribution in [1.82, 2.24) is 10.2 Å². The summed E-state index contributed by atoms with van der Waals surface area (Å²) in [5.74, 6) is 0. The van der Waals surface area contributed by atoms with Gasteiger partial charge in [0.2, 0.25) is 0 Å². The summed E-state index contributed by atoms with van der Waals surface area (Å²) in [6.45, 7) is 4.12. The Labute approximate surface area is 139 Å². The molecular formula is C21H25N2. The molecule has 0 amide bonds. The van der Waals surface area contributed by atoms with Crippen LogP contribution in [0.1, 0.15) is 24.0 Å². The van der Waals surface area contributed by atoms with Gasteiger partial charge < -0.3 is 0 Å². The average molecular weight is 305 g/mol. The summed E-state index contributed by atoms with van der Waals surface area (Å²) >= 11 is 0. The van der Waals surface area contributed by atoms with E-state index in [0.29, 0.717) is 6.04 Å². The Hall–Kier alpha value is -1.90. The molecule has 0 N–H and O–H groups in total. The highest BCUT2D eigenvalue weighted by Crippen LogP contribution is 2.15. The van der Waals surface area contributed by atoms with Crippen LogP contribution in [0, 0.1) is 0 Å². The molecular weight excluding hydrogens is 280 g/mol. The highest BCUT2D eigenvalue weighted by atomic mass is 15.2. The van der Waals surface area contributed by atoms with Crippen molar-refractivity contribution in [2.75, 3.05) is 19.6 Å². The number of hydrogen-bond acceptors (Lipinski definition) is 1. The molecule has 2 heteroatoms. The van der Waals surface area contributed by atoms with Gasteiger partial charge in [-0.05, 0) is 24.0 Å². The fourth-order valence-corrected chi connectivity index (χ4v) is 3.10. The van der Waals surface area contributed by atoms with E-state index in [4.69, 9.17) is 5.32 Å². The van der Waals surface area contributed by atoms with Gasteiger partial charge >= 0.3 is 0 Å². The molecule has 1 saturated heterocycles. The van der Waals surface area contributed by atoms with Gasteiger partial charge in [-0.15, -0.1) is 0 Å². The normalized spacial score (nSPS) is 19.7. The lowest BCUT2D eigenvalue weighted by atomic mass is 10.1. The topological polar surface area (TPSA) is 17.3 Å². The van der Waals surface area contributed by atoms with Crippen LogP contribution >= 0.6 is 0 Å². The lowest BCUT2D eigenvalue weighted by molar-refractivity contribution is 0.201. The van der Waals surface area contributed by atoms with Gasteiger partial charge in [0.05, 0.1) is 0 Å². The molecule has 0 aromatic heterocycles. The van der Waals surface area contributed by atoms with Gasteiger partial charge in [-0.2, -0.15) is 0 Å². The molecule has 2 aromatic rings. The van der Waals surface area contributed by atoms with Crippen LogP contribution in [0.3, 0.4) is 0 Å². The largest absolute Gasteiger partial charge is 0.294 e. The Morgan fingerprint density at radius 2 is 1.74 bits per heavy atom. The van der Waals surface area contributed by atoms with Crippen molar-refractivity contribution in [3.05, 3.63) is 77.9 Å². The van der Waals surface area contributed by atoms with Gasteiger partial charge in [-0.3, -0.25) is 4.90 Å². The molecule has 1 aliphatic rings. The summed E-state index contributed by atoms with van der Waals surface area (Å²) < 4.78 is 0. The summed E-state index contributed by atoms with van der Waals surface area (Å²) in [5, 5.41) is 4.69. The molecule has 23 heavy (non-hydrogen) atoms. The van der Waals surface area contributed by atoms with Crippen LogP contribution in [0.5, 0.6) is 0 Å². The van der Waals surface area contributed by atoms with Gasteiger partial charge in [0.25, 0.3) is 0 Å². The molecule has 0 saturated carbocycles. The van der Waals surface area contributed by atoms with Crippen molar-refractivity contribution in [3.63, 3.8) is 0 Å². The van der Waals surface area contributed by atoms with Gasteiger partial charge in [-0.25, -0.2) is 5.32 Å². The fraction of sp³-hybridized carbons (Fsp3) is 0.333. The van der Waals surface area contributed by atoms with Gasteiger partial charge in [0, 0.05) is 32.2 Å². The standard InChI is InChI=1S/C21H25N2/c1-3-9-19(10-4-1)13-7-14-21-17-22-15-8-16-23(21)18-20-11-5-2-6-12-20/h1-7,9-13,21H,8,14-18H2. The summed E-state index contributed by atoms with van der Waals surface area (Å²) in [4.78, 5) is 2.60. The first-order valence-electron chi connectivity index (χ1n) is 8.54. The second-order valence-corrected chi connectivity index (χ2v) is 6.14. The molecule has 0 aliphatic carbocycles. The van der Waals surface area contributed by atoms with E-state index < -0.39 is 0 Å². The van der Waals surface area contributed by atoms with Gasteiger partial charge in [-0.1, -0.05) is 72.8 Å². The van der Waals surface area contributed by atoms with Gasteiger partial charge in [0.1, 0.15) is 0 Å². The van der Waals surface area contributed by atoms with E-state index in [1.165, 1.54) is 17.5 Å². The molecule has 1 unspecified atom stereocenters. The van der Waals surface area contributed by atoms with Crippen molar-refractivity contribution >= 4 is 6.08 Å². The Kier molecular flexibility index (Phi) is 6.01. The molecule has 1 atom stereocenters. The zero-order valence-corrected chi connectivity index (χ0v) is 13.6. The van der Waals surface area contributed by atoms with Gasteiger partial charge in [0.15, 0.2) is 0 Å².